The van der Waals surface area contributed by atoms with Crippen molar-refractivity contribution in [2.24, 2.45) is 0 Å². The predicted octanol–water partition coefficient (Wildman–Crippen LogP) is 2.46. The molecule has 102 valence electrons. The van der Waals surface area contributed by atoms with E-state index in [0.717, 1.165) is 7.05 Å². The van der Waals surface area contributed by atoms with Crippen LogP contribution in [0, 0.1) is 0 Å². The Morgan fingerprint density at radius 3 is 2.39 bits per heavy atom. The topological polar surface area (TPSA) is 63.4 Å². The first-order valence-electron chi connectivity index (χ1n) is 4.65. The summed E-state index contributed by atoms with van der Waals surface area (Å²) in [5, 5.41) is -0.0471. The van der Waals surface area contributed by atoms with Crippen molar-refractivity contribution in [2.75, 3.05) is 19.3 Å². The standard InChI is InChI=1S/C9H10Cl2F2N2O2S/c1-15(4-8(12)13)18(16,17)9-6(11)2-5(10)3-7(9)14/h2-3,8H,4,14H2,1H3. The molecule has 1 rings (SSSR count). The Morgan fingerprint density at radius 1 is 1.39 bits per heavy atom. The van der Waals surface area contributed by atoms with Crippen molar-refractivity contribution in [3.05, 3.63) is 22.2 Å². The minimum atomic E-state index is -4.17. The van der Waals surface area contributed by atoms with E-state index in [1.54, 1.807) is 0 Å². The minimum Gasteiger partial charge on any atom is -0.398 e. The van der Waals surface area contributed by atoms with Gasteiger partial charge in [-0.05, 0) is 12.1 Å². The second kappa shape index (κ2) is 5.56. The van der Waals surface area contributed by atoms with Crippen molar-refractivity contribution in [2.45, 2.75) is 11.3 Å². The predicted molar refractivity (Wildman–Crippen MR) is 66.7 cm³/mol. The summed E-state index contributed by atoms with van der Waals surface area (Å²) in [6.45, 7) is -0.944. The van der Waals surface area contributed by atoms with Crippen molar-refractivity contribution in [3.8, 4) is 0 Å². The van der Waals surface area contributed by atoms with Gasteiger partial charge in [0, 0.05) is 12.1 Å². The maximum absolute atomic E-state index is 12.2. The Bertz CT molecular complexity index is 528. The zero-order valence-corrected chi connectivity index (χ0v) is 11.5. The van der Waals surface area contributed by atoms with E-state index < -0.39 is 27.9 Å². The molecule has 0 spiro atoms. The molecule has 0 bridgehead atoms. The van der Waals surface area contributed by atoms with Crippen molar-refractivity contribution in [1.82, 2.24) is 4.31 Å². The zero-order chi connectivity index (χ0) is 14.1. The molecule has 0 unspecified atom stereocenters. The summed E-state index contributed by atoms with van der Waals surface area (Å²) in [5.74, 6) is 0. The number of nitrogens with zero attached hydrogens (tertiary/aromatic N) is 1. The monoisotopic (exact) mass is 318 g/mol. The summed E-state index contributed by atoms with van der Waals surface area (Å²) >= 11 is 11.4. The van der Waals surface area contributed by atoms with Crippen LogP contribution in [0.25, 0.3) is 0 Å². The molecule has 0 saturated carbocycles. The lowest BCUT2D eigenvalue weighted by atomic mass is 10.3. The maximum Gasteiger partial charge on any atom is 0.252 e. The number of anilines is 1. The van der Waals surface area contributed by atoms with Crippen LogP contribution < -0.4 is 5.73 Å². The summed E-state index contributed by atoms with van der Waals surface area (Å²) in [7, 11) is -3.15. The first kappa shape index (κ1) is 15.4. The van der Waals surface area contributed by atoms with Gasteiger partial charge in [-0.2, -0.15) is 4.31 Å². The Labute approximate surface area is 113 Å². The fourth-order valence-electron chi connectivity index (χ4n) is 1.30. The number of halogens is 4. The molecule has 9 heteroatoms. The Balaban J connectivity index is 3.29. The van der Waals surface area contributed by atoms with Crippen LogP contribution >= 0.6 is 23.2 Å². The normalized spacial score (nSPS) is 12.4. The van der Waals surface area contributed by atoms with Crippen molar-refractivity contribution in [1.29, 1.82) is 0 Å². The molecule has 0 heterocycles. The molecule has 0 amide bonds. The molecule has 0 saturated heterocycles. The largest absolute Gasteiger partial charge is 0.398 e. The Kier molecular flexibility index (Phi) is 4.77. The van der Waals surface area contributed by atoms with E-state index in [1.807, 2.05) is 0 Å². The highest BCUT2D eigenvalue weighted by Crippen LogP contribution is 2.32. The Hall–Kier alpha value is -0.630. The molecule has 1 aromatic rings. The second-order valence-corrected chi connectivity index (χ2v) is 6.31. The average molecular weight is 319 g/mol. The number of benzene rings is 1. The van der Waals surface area contributed by atoms with Crippen molar-refractivity contribution in [3.63, 3.8) is 0 Å². The van der Waals surface area contributed by atoms with Gasteiger partial charge >= 0.3 is 0 Å². The highest BCUT2D eigenvalue weighted by Gasteiger charge is 2.28. The highest BCUT2D eigenvalue weighted by atomic mass is 35.5. The third-order valence-electron chi connectivity index (χ3n) is 2.10. The molecular formula is C9H10Cl2F2N2O2S. The first-order valence-corrected chi connectivity index (χ1v) is 6.85. The molecular weight excluding hydrogens is 309 g/mol. The van der Waals surface area contributed by atoms with Crippen LogP contribution in [0.4, 0.5) is 14.5 Å². The number of sulfonamides is 1. The summed E-state index contributed by atoms with van der Waals surface area (Å²) in [6.07, 6.45) is -2.79. The first-order chi connectivity index (χ1) is 8.16. The van der Waals surface area contributed by atoms with Gasteiger partial charge in [-0.3, -0.25) is 0 Å². The van der Waals surface area contributed by atoms with Gasteiger partial charge in [-0.15, -0.1) is 0 Å². The fraction of sp³-hybridized carbons (Fsp3) is 0.333. The third-order valence-corrected chi connectivity index (χ3v) is 4.67. The zero-order valence-electron chi connectivity index (χ0n) is 9.20. The SMILES string of the molecule is CN(CC(F)F)S(=O)(=O)c1c(N)cc(Cl)cc1Cl. The van der Waals surface area contributed by atoms with Gasteiger partial charge in [0.15, 0.2) is 0 Å². The van der Waals surface area contributed by atoms with E-state index in [-0.39, 0.29) is 15.7 Å². The third kappa shape index (κ3) is 3.23. The number of nitrogens with two attached hydrogens (primary N) is 1. The van der Waals surface area contributed by atoms with Crippen LogP contribution in [-0.2, 0) is 10.0 Å². The lowest BCUT2D eigenvalue weighted by Gasteiger charge is -2.18. The van der Waals surface area contributed by atoms with Crippen LogP contribution in [0.3, 0.4) is 0 Å². The smallest absolute Gasteiger partial charge is 0.252 e. The summed E-state index contributed by atoms with van der Waals surface area (Å²) < 4.78 is 48.9. The number of hydrogen-bond donors (Lipinski definition) is 1. The van der Waals surface area contributed by atoms with Gasteiger partial charge in [-0.1, -0.05) is 23.2 Å². The van der Waals surface area contributed by atoms with Gasteiger partial charge in [0.1, 0.15) is 4.90 Å². The van der Waals surface area contributed by atoms with Gasteiger partial charge in [0.25, 0.3) is 6.43 Å². The fourth-order valence-corrected chi connectivity index (χ4v) is 3.39. The van der Waals surface area contributed by atoms with E-state index in [0.29, 0.717) is 4.31 Å². The molecule has 4 nitrogen and oxygen atoms in total. The van der Waals surface area contributed by atoms with Gasteiger partial charge in [-0.25, -0.2) is 17.2 Å². The number of hydrogen-bond acceptors (Lipinski definition) is 3. The quantitative estimate of drug-likeness (QED) is 0.867. The molecule has 0 aliphatic carbocycles. The van der Waals surface area contributed by atoms with Crippen molar-refractivity contribution >= 4 is 38.9 Å². The van der Waals surface area contributed by atoms with Crippen LogP contribution in [0.1, 0.15) is 0 Å². The van der Waals surface area contributed by atoms with Crippen LogP contribution in [0.2, 0.25) is 10.0 Å². The van der Waals surface area contributed by atoms with E-state index in [4.69, 9.17) is 28.9 Å². The molecule has 0 radical (unpaired) electrons. The van der Waals surface area contributed by atoms with Gasteiger partial charge < -0.3 is 5.73 Å². The van der Waals surface area contributed by atoms with E-state index in [2.05, 4.69) is 0 Å². The summed E-state index contributed by atoms with van der Waals surface area (Å²) in [5.41, 5.74) is 5.33. The van der Waals surface area contributed by atoms with E-state index >= 15 is 0 Å². The lowest BCUT2D eigenvalue weighted by Crippen LogP contribution is -2.32. The van der Waals surface area contributed by atoms with Crippen LogP contribution in [0.15, 0.2) is 17.0 Å². The van der Waals surface area contributed by atoms with E-state index in [1.165, 1.54) is 12.1 Å². The highest BCUT2D eigenvalue weighted by molar-refractivity contribution is 7.89. The van der Waals surface area contributed by atoms with Crippen LogP contribution in [-0.4, -0.2) is 32.7 Å². The van der Waals surface area contributed by atoms with Crippen LogP contribution in [0.5, 0.6) is 0 Å². The maximum atomic E-state index is 12.2. The van der Waals surface area contributed by atoms with Gasteiger partial charge in [0.05, 0.1) is 17.3 Å². The minimum absolute atomic E-state index is 0.160. The molecule has 0 aliphatic heterocycles. The number of rotatable bonds is 4. The van der Waals surface area contributed by atoms with Crippen molar-refractivity contribution < 1.29 is 17.2 Å². The summed E-state index contributed by atoms with van der Waals surface area (Å²) in [6, 6.07) is 2.37. The molecule has 2 N–H and O–H groups in total. The number of alkyl halides is 2. The lowest BCUT2D eigenvalue weighted by molar-refractivity contribution is 0.126. The summed E-state index contributed by atoms with van der Waals surface area (Å²) in [4.78, 5) is -0.420. The molecule has 0 atom stereocenters. The van der Waals surface area contributed by atoms with Gasteiger partial charge in [0.2, 0.25) is 10.0 Å². The molecule has 18 heavy (non-hydrogen) atoms. The average Bonchev–Trinajstić information content (AvgIpc) is 2.13. The van der Waals surface area contributed by atoms with E-state index in [9.17, 15) is 17.2 Å². The number of nitrogen functional groups attached to an aromatic ring is 1. The molecule has 0 fully saturated rings. The molecule has 1 aromatic carbocycles. The molecule has 0 aromatic heterocycles. The molecule has 0 aliphatic rings. The second-order valence-electron chi connectivity index (χ2n) is 3.48. The Morgan fingerprint density at radius 2 is 1.94 bits per heavy atom.